The summed E-state index contributed by atoms with van der Waals surface area (Å²) in [4.78, 5) is 0. The number of hydrogen-bond donors (Lipinski definition) is 2. The molecule has 0 aliphatic rings. The van der Waals surface area contributed by atoms with Gasteiger partial charge in [0, 0.05) is 28.3 Å². The monoisotopic (exact) mass is 314 g/mol. The highest BCUT2D eigenvalue weighted by Crippen LogP contribution is 2.45. The third-order valence-corrected chi connectivity index (χ3v) is 3.35. The second-order valence-corrected chi connectivity index (χ2v) is 4.85. The zero-order valence-corrected chi connectivity index (χ0v) is 12.3. The lowest BCUT2D eigenvalue weighted by atomic mass is 10.0. The second-order valence-electron chi connectivity index (χ2n) is 4.01. The van der Waals surface area contributed by atoms with Gasteiger partial charge in [-0.3, -0.25) is 0 Å². The fourth-order valence-corrected chi connectivity index (χ4v) is 2.31. The summed E-state index contributed by atoms with van der Waals surface area (Å²) in [5.74, 6) is 0.264. The molecule has 0 fully saturated rings. The summed E-state index contributed by atoms with van der Waals surface area (Å²) in [6, 6.07) is 5.87. The Morgan fingerprint density at radius 2 is 1.50 bits per heavy atom. The first kappa shape index (κ1) is 14.6. The lowest BCUT2D eigenvalue weighted by Crippen LogP contribution is -1.90. The molecule has 0 atom stereocenters. The predicted octanol–water partition coefficient (Wildman–Crippen LogP) is 4.09. The van der Waals surface area contributed by atoms with E-state index in [-0.39, 0.29) is 23.0 Å². The van der Waals surface area contributed by atoms with Crippen LogP contribution in [0, 0.1) is 0 Å². The molecule has 0 unspecified atom stereocenters. The summed E-state index contributed by atoms with van der Waals surface area (Å²) in [5.41, 5.74) is 0.778. The molecule has 0 aromatic heterocycles. The fraction of sp³-hybridized carbons (Fsp3) is 0.143. The van der Waals surface area contributed by atoms with Gasteiger partial charge in [0.2, 0.25) is 0 Å². The largest absolute Gasteiger partial charge is 0.504 e. The summed E-state index contributed by atoms with van der Waals surface area (Å²) < 4.78 is 10.0. The van der Waals surface area contributed by atoms with Gasteiger partial charge in [-0.25, -0.2) is 0 Å². The average molecular weight is 315 g/mol. The first-order chi connectivity index (χ1) is 9.47. The SMILES string of the molecule is COc1cc(Cl)c(-c2cc(Cl)cc(OC)c2O)cc1O. The van der Waals surface area contributed by atoms with Crippen molar-refractivity contribution in [2.45, 2.75) is 0 Å². The number of methoxy groups -OCH3 is 2. The van der Waals surface area contributed by atoms with Gasteiger partial charge in [-0.15, -0.1) is 0 Å². The van der Waals surface area contributed by atoms with Crippen molar-refractivity contribution in [2.24, 2.45) is 0 Å². The van der Waals surface area contributed by atoms with Crippen LogP contribution in [-0.2, 0) is 0 Å². The van der Waals surface area contributed by atoms with E-state index in [1.165, 1.54) is 38.5 Å². The van der Waals surface area contributed by atoms with E-state index in [2.05, 4.69) is 0 Å². The van der Waals surface area contributed by atoms with E-state index in [1.54, 1.807) is 0 Å². The van der Waals surface area contributed by atoms with E-state index in [0.29, 0.717) is 21.2 Å². The molecule has 0 aliphatic carbocycles. The van der Waals surface area contributed by atoms with E-state index < -0.39 is 0 Å². The maximum Gasteiger partial charge on any atom is 0.165 e. The molecule has 20 heavy (non-hydrogen) atoms. The van der Waals surface area contributed by atoms with Crippen LogP contribution in [0.2, 0.25) is 10.0 Å². The van der Waals surface area contributed by atoms with Gasteiger partial charge in [0.15, 0.2) is 23.0 Å². The maximum atomic E-state index is 10.2. The van der Waals surface area contributed by atoms with Crippen LogP contribution in [0.3, 0.4) is 0 Å². The number of halogens is 2. The van der Waals surface area contributed by atoms with Gasteiger partial charge < -0.3 is 19.7 Å². The summed E-state index contributed by atoms with van der Waals surface area (Å²) in [6.07, 6.45) is 0. The smallest absolute Gasteiger partial charge is 0.165 e. The van der Waals surface area contributed by atoms with Crippen LogP contribution in [0.4, 0.5) is 0 Å². The Morgan fingerprint density at radius 1 is 0.850 bits per heavy atom. The van der Waals surface area contributed by atoms with Crippen molar-refractivity contribution in [3.05, 3.63) is 34.3 Å². The standard InChI is InChI=1S/C14H12Cl2O4/c1-19-12-6-10(16)8(5-11(12)17)9-3-7(15)4-13(20-2)14(9)18/h3-6,17-18H,1-2H3. The fourth-order valence-electron chi connectivity index (χ4n) is 1.85. The zero-order valence-electron chi connectivity index (χ0n) is 10.8. The van der Waals surface area contributed by atoms with Crippen LogP contribution in [-0.4, -0.2) is 24.4 Å². The minimum absolute atomic E-state index is 0.0924. The number of hydrogen-bond acceptors (Lipinski definition) is 4. The zero-order chi connectivity index (χ0) is 14.9. The molecule has 2 N–H and O–H groups in total. The van der Waals surface area contributed by atoms with Gasteiger partial charge >= 0.3 is 0 Å². The first-order valence-electron chi connectivity index (χ1n) is 5.61. The van der Waals surface area contributed by atoms with Gasteiger partial charge in [-0.1, -0.05) is 23.2 Å². The molecule has 0 saturated heterocycles. The Hall–Kier alpha value is -1.78. The molecule has 0 spiro atoms. The number of phenolic OH excluding ortho intramolecular Hbond substituents is 2. The third-order valence-electron chi connectivity index (χ3n) is 2.82. The van der Waals surface area contributed by atoms with E-state index in [0.717, 1.165) is 0 Å². The molecule has 2 aromatic rings. The van der Waals surface area contributed by atoms with Crippen LogP contribution in [0.15, 0.2) is 24.3 Å². The van der Waals surface area contributed by atoms with Crippen LogP contribution >= 0.6 is 23.2 Å². The molecular formula is C14H12Cl2O4. The Morgan fingerprint density at radius 3 is 2.10 bits per heavy atom. The number of ether oxygens (including phenoxy) is 2. The van der Waals surface area contributed by atoms with Crippen molar-refractivity contribution in [3.8, 4) is 34.1 Å². The van der Waals surface area contributed by atoms with Crippen LogP contribution in [0.1, 0.15) is 0 Å². The second kappa shape index (κ2) is 5.69. The lowest BCUT2D eigenvalue weighted by molar-refractivity contribution is 0.372. The highest BCUT2D eigenvalue weighted by Gasteiger charge is 2.17. The Kier molecular flexibility index (Phi) is 4.16. The Labute approximate surface area is 126 Å². The Balaban J connectivity index is 2.68. The lowest BCUT2D eigenvalue weighted by Gasteiger charge is -2.13. The number of rotatable bonds is 3. The molecule has 6 heteroatoms. The molecule has 106 valence electrons. The highest BCUT2D eigenvalue weighted by molar-refractivity contribution is 6.34. The number of aromatic hydroxyl groups is 2. The summed E-state index contributed by atoms with van der Waals surface area (Å²) >= 11 is 12.1. The summed E-state index contributed by atoms with van der Waals surface area (Å²) in [7, 11) is 2.84. The van der Waals surface area contributed by atoms with Crippen LogP contribution in [0.5, 0.6) is 23.0 Å². The van der Waals surface area contributed by atoms with Crippen molar-refractivity contribution in [2.75, 3.05) is 14.2 Å². The molecule has 0 radical (unpaired) electrons. The van der Waals surface area contributed by atoms with Crippen LogP contribution in [0.25, 0.3) is 11.1 Å². The quantitative estimate of drug-likeness (QED) is 0.896. The average Bonchev–Trinajstić information content (AvgIpc) is 2.43. The molecule has 0 amide bonds. The molecule has 0 heterocycles. The molecule has 0 aliphatic heterocycles. The number of benzene rings is 2. The minimum Gasteiger partial charge on any atom is -0.504 e. The van der Waals surface area contributed by atoms with Crippen molar-refractivity contribution in [3.63, 3.8) is 0 Å². The predicted molar refractivity (Wildman–Crippen MR) is 78.3 cm³/mol. The van der Waals surface area contributed by atoms with Gasteiger partial charge in [-0.05, 0) is 12.1 Å². The number of phenols is 2. The molecule has 2 aromatic carbocycles. The van der Waals surface area contributed by atoms with Crippen molar-refractivity contribution in [1.82, 2.24) is 0 Å². The van der Waals surface area contributed by atoms with Crippen molar-refractivity contribution in [1.29, 1.82) is 0 Å². The first-order valence-corrected chi connectivity index (χ1v) is 6.37. The normalized spacial score (nSPS) is 10.4. The van der Waals surface area contributed by atoms with E-state index in [9.17, 15) is 10.2 Å². The van der Waals surface area contributed by atoms with Gasteiger partial charge in [0.25, 0.3) is 0 Å². The van der Waals surface area contributed by atoms with E-state index in [4.69, 9.17) is 32.7 Å². The summed E-state index contributed by atoms with van der Waals surface area (Å²) in [6.45, 7) is 0. The van der Waals surface area contributed by atoms with Gasteiger partial charge in [0.05, 0.1) is 19.2 Å². The highest BCUT2D eigenvalue weighted by atomic mass is 35.5. The molecule has 2 rings (SSSR count). The Bertz CT molecular complexity index is 656. The van der Waals surface area contributed by atoms with E-state index in [1.807, 2.05) is 0 Å². The third kappa shape index (κ3) is 2.57. The van der Waals surface area contributed by atoms with Crippen LogP contribution < -0.4 is 9.47 Å². The summed E-state index contributed by atoms with van der Waals surface area (Å²) in [5, 5.41) is 20.7. The molecular weight excluding hydrogens is 303 g/mol. The van der Waals surface area contributed by atoms with Gasteiger partial charge in [0.1, 0.15) is 0 Å². The van der Waals surface area contributed by atoms with Crippen molar-refractivity contribution < 1.29 is 19.7 Å². The minimum atomic E-state index is -0.108. The molecule has 0 saturated carbocycles. The molecule has 4 nitrogen and oxygen atoms in total. The van der Waals surface area contributed by atoms with Gasteiger partial charge in [-0.2, -0.15) is 0 Å². The van der Waals surface area contributed by atoms with Crippen molar-refractivity contribution >= 4 is 23.2 Å². The molecule has 0 bridgehead atoms. The maximum absolute atomic E-state index is 10.2. The topological polar surface area (TPSA) is 58.9 Å². The van der Waals surface area contributed by atoms with E-state index >= 15 is 0 Å².